The third kappa shape index (κ3) is 3.87. The summed E-state index contributed by atoms with van der Waals surface area (Å²) in [5.41, 5.74) is 12.7. The van der Waals surface area contributed by atoms with Gasteiger partial charge in [-0.05, 0) is 11.6 Å². The first-order valence-electron chi connectivity index (χ1n) is 5.15. The lowest BCUT2D eigenvalue weighted by Gasteiger charge is -2.16. The van der Waals surface area contributed by atoms with Crippen molar-refractivity contribution >= 4 is 5.91 Å². The van der Waals surface area contributed by atoms with Crippen molar-refractivity contribution in [3.05, 3.63) is 45.6 Å². The van der Waals surface area contributed by atoms with E-state index in [-0.39, 0.29) is 13.1 Å². The van der Waals surface area contributed by atoms with Crippen molar-refractivity contribution in [3.63, 3.8) is 0 Å². The lowest BCUT2D eigenvalue weighted by molar-refractivity contribution is -0.120. The summed E-state index contributed by atoms with van der Waals surface area (Å²) in [6.45, 7) is 0.0156. The molecule has 1 unspecified atom stereocenters. The van der Waals surface area contributed by atoms with Crippen LogP contribution in [0.1, 0.15) is 11.6 Å². The van der Waals surface area contributed by atoms with Crippen molar-refractivity contribution in [3.8, 4) is 0 Å². The van der Waals surface area contributed by atoms with Crippen LogP contribution in [0.25, 0.3) is 10.4 Å². The molecule has 0 aliphatic carbocycles. The molecule has 0 aliphatic rings. The zero-order valence-corrected chi connectivity index (χ0v) is 9.61. The fourth-order valence-electron chi connectivity index (χ4n) is 1.43. The van der Waals surface area contributed by atoms with Gasteiger partial charge < -0.3 is 11.1 Å². The average Bonchev–Trinajstić information content (AvgIpc) is 2.34. The number of nitrogens with zero attached hydrogens (tertiary/aromatic N) is 3. The summed E-state index contributed by atoms with van der Waals surface area (Å²) in [6, 6.07) is -0.458. The predicted octanol–water partition coefficient (Wildman–Crippen LogP) is 1.53. The van der Waals surface area contributed by atoms with E-state index in [4.69, 9.17) is 11.3 Å². The lowest BCUT2D eigenvalue weighted by Crippen LogP contribution is -2.35. The largest absolute Gasteiger partial charge is 0.368 e. The van der Waals surface area contributed by atoms with Crippen LogP contribution in [0.5, 0.6) is 0 Å². The normalized spacial score (nSPS) is 11.7. The molecule has 0 saturated carbocycles. The first-order chi connectivity index (χ1) is 8.97. The third-order valence-electron chi connectivity index (χ3n) is 2.26. The van der Waals surface area contributed by atoms with Crippen molar-refractivity contribution in [2.45, 2.75) is 6.04 Å². The molecule has 1 rings (SSSR count). The highest BCUT2D eigenvalue weighted by Gasteiger charge is 2.22. The number of hydrogen-bond acceptors (Lipinski definition) is 3. The van der Waals surface area contributed by atoms with Crippen LogP contribution in [0.4, 0.5) is 13.2 Å². The molecule has 1 aromatic rings. The second kappa shape index (κ2) is 6.62. The van der Waals surface area contributed by atoms with Crippen LogP contribution in [0.15, 0.2) is 17.2 Å². The summed E-state index contributed by atoms with van der Waals surface area (Å²) in [7, 11) is 0. The van der Waals surface area contributed by atoms with Crippen LogP contribution < -0.4 is 11.1 Å². The number of benzene rings is 1. The molecule has 1 amide bonds. The van der Waals surface area contributed by atoms with Gasteiger partial charge in [-0.3, -0.25) is 4.79 Å². The molecule has 102 valence electrons. The van der Waals surface area contributed by atoms with E-state index in [1.165, 1.54) is 0 Å². The van der Waals surface area contributed by atoms with Crippen LogP contribution in [0, 0.1) is 17.5 Å². The molecule has 19 heavy (non-hydrogen) atoms. The minimum atomic E-state index is -1.36. The van der Waals surface area contributed by atoms with Gasteiger partial charge >= 0.3 is 0 Å². The van der Waals surface area contributed by atoms with E-state index < -0.39 is 35.0 Å². The van der Waals surface area contributed by atoms with Gasteiger partial charge in [0, 0.05) is 29.6 Å². The second-order valence-corrected chi connectivity index (χ2v) is 3.53. The number of carbonyl (C=O) groups excluding carboxylic acids is 1. The van der Waals surface area contributed by atoms with Crippen molar-refractivity contribution in [1.29, 1.82) is 0 Å². The van der Waals surface area contributed by atoms with E-state index in [0.717, 1.165) is 0 Å². The number of rotatable bonds is 6. The van der Waals surface area contributed by atoms with Crippen LogP contribution in [-0.2, 0) is 4.79 Å². The fourth-order valence-corrected chi connectivity index (χ4v) is 1.43. The highest BCUT2D eigenvalue weighted by molar-refractivity contribution is 5.81. The van der Waals surface area contributed by atoms with Gasteiger partial charge in [-0.2, -0.15) is 0 Å². The van der Waals surface area contributed by atoms with E-state index in [9.17, 15) is 18.0 Å². The van der Waals surface area contributed by atoms with E-state index in [2.05, 4.69) is 15.3 Å². The molecule has 0 saturated heterocycles. The van der Waals surface area contributed by atoms with E-state index in [0.29, 0.717) is 12.1 Å². The number of azide groups is 1. The molecule has 1 atom stereocenters. The van der Waals surface area contributed by atoms with Crippen LogP contribution in [0.3, 0.4) is 0 Å². The molecular weight excluding hydrogens is 263 g/mol. The van der Waals surface area contributed by atoms with Gasteiger partial charge in [0.15, 0.2) is 11.6 Å². The van der Waals surface area contributed by atoms with E-state index in [1.807, 2.05) is 0 Å². The Kier molecular flexibility index (Phi) is 5.16. The molecule has 0 aliphatic heterocycles. The monoisotopic (exact) mass is 273 g/mol. The van der Waals surface area contributed by atoms with E-state index >= 15 is 0 Å². The van der Waals surface area contributed by atoms with Crippen molar-refractivity contribution in [2.75, 3.05) is 13.1 Å². The van der Waals surface area contributed by atoms with E-state index in [1.54, 1.807) is 0 Å². The highest BCUT2D eigenvalue weighted by Crippen LogP contribution is 2.20. The first-order valence-corrected chi connectivity index (χ1v) is 5.15. The third-order valence-corrected chi connectivity index (χ3v) is 2.26. The number of primary amides is 1. The minimum Gasteiger partial charge on any atom is -0.368 e. The predicted molar refractivity (Wildman–Crippen MR) is 60.3 cm³/mol. The molecule has 0 radical (unpaired) electrons. The standard InChI is InChI=1S/C10H10F3N5O/c11-6-4-8(13)7(12)3-5(6)9(10(14)19)16-1-2-17-18-15/h3-4,9,16H,1-2H2,(H2,14,19). The molecule has 0 fully saturated rings. The van der Waals surface area contributed by atoms with Crippen LogP contribution in [-0.4, -0.2) is 19.0 Å². The number of nitrogens with one attached hydrogen (secondary N) is 1. The van der Waals surface area contributed by atoms with Gasteiger partial charge in [-0.15, -0.1) is 0 Å². The van der Waals surface area contributed by atoms with Crippen molar-refractivity contribution in [2.24, 2.45) is 10.8 Å². The van der Waals surface area contributed by atoms with Gasteiger partial charge in [-0.25, -0.2) is 13.2 Å². The summed E-state index contributed by atoms with van der Waals surface area (Å²) in [5.74, 6) is -4.72. The lowest BCUT2D eigenvalue weighted by atomic mass is 10.1. The van der Waals surface area contributed by atoms with Gasteiger partial charge in [0.2, 0.25) is 5.91 Å². The minimum absolute atomic E-state index is 0.00836. The molecule has 0 spiro atoms. The number of hydrogen-bond donors (Lipinski definition) is 2. The maximum Gasteiger partial charge on any atom is 0.239 e. The molecule has 0 bridgehead atoms. The Morgan fingerprint density at radius 1 is 1.37 bits per heavy atom. The Morgan fingerprint density at radius 3 is 2.58 bits per heavy atom. The van der Waals surface area contributed by atoms with Gasteiger partial charge in [0.25, 0.3) is 0 Å². The Hall–Kier alpha value is -2.25. The Morgan fingerprint density at radius 2 is 2.00 bits per heavy atom. The molecule has 0 heterocycles. The molecule has 6 nitrogen and oxygen atoms in total. The maximum absolute atomic E-state index is 13.5. The number of nitrogens with two attached hydrogens (primary N) is 1. The van der Waals surface area contributed by atoms with Crippen molar-refractivity contribution in [1.82, 2.24) is 5.32 Å². The Labute approximate surface area is 106 Å². The molecular formula is C10H10F3N5O. The zero-order valence-electron chi connectivity index (χ0n) is 9.61. The van der Waals surface area contributed by atoms with Gasteiger partial charge in [0.05, 0.1) is 0 Å². The summed E-state index contributed by atoms with van der Waals surface area (Å²) in [4.78, 5) is 13.7. The summed E-state index contributed by atoms with van der Waals surface area (Å²) < 4.78 is 39.3. The maximum atomic E-state index is 13.5. The zero-order chi connectivity index (χ0) is 14.4. The Balaban J connectivity index is 2.96. The van der Waals surface area contributed by atoms with Gasteiger partial charge in [-0.1, -0.05) is 5.11 Å². The molecule has 0 aromatic heterocycles. The summed E-state index contributed by atoms with van der Waals surface area (Å²) >= 11 is 0. The smallest absolute Gasteiger partial charge is 0.239 e. The second-order valence-electron chi connectivity index (χ2n) is 3.53. The van der Waals surface area contributed by atoms with Crippen molar-refractivity contribution < 1.29 is 18.0 Å². The van der Waals surface area contributed by atoms with Gasteiger partial charge in [0.1, 0.15) is 11.9 Å². The highest BCUT2D eigenvalue weighted by atomic mass is 19.2. The summed E-state index contributed by atoms with van der Waals surface area (Å²) in [6.07, 6.45) is 0. The topological polar surface area (TPSA) is 104 Å². The fraction of sp³-hybridized carbons (Fsp3) is 0.300. The molecule has 9 heteroatoms. The number of carbonyl (C=O) groups is 1. The quantitative estimate of drug-likeness (QED) is 0.270. The number of halogens is 3. The van der Waals surface area contributed by atoms with Crippen LogP contribution >= 0.6 is 0 Å². The SMILES string of the molecule is [N-]=[N+]=NCCNC(C(N)=O)c1cc(F)c(F)cc1F. The molecule has 1 aromatic carbocycles. The molecule has 3 N–H and O–H groups in total. The first kappa shape index (κ1) is 14.8. The Bertz CT molecular complexity index is 530. The number of amides is 1. The average molecular weight is 273 g/mol. The van der Waals surface area contributed by atoms with Crippen LogP contribution in [0.2, 0.25) is 0 Å². The summed E-state index contributed by atoms with van der Waals surface area (Å²) in [5, 5.41) is 5.68.